The molecule has 0 aromatic carbocycles. The van der Waals surface area contributed by atoms with Gasteiger partial charge in [0.05, 0.1) is 6.20 Å². The van der Waals surface area contributed by atoms with Crippen LogP contribution in [0.2, 0.25) is 0 Å². The van der Waals surface area contributed by atoms with E-state index < -0.39 is 0 Å². The molecular weight excluding hydrogens is 190 g/mol. The minimum absolute atomic E-state index is 0.480. The maximum atomic E-state index is 5.64. The highest BCUT2D eigenvalue weighted by Crippen LogP contribution is 2.30. The summed E-state index contributed by atoms with van der Waals surface area (Å²) in [4.78, 5) is 2.47. The highest BCUT2D eigenvalue weighted by atomic mass is 16.5. The van der Waals surface area contributed by atoms with Crippen molar-refractivity contribution in [3.8, 4) is 0 Å². The monoisotopic (exact) mass is 209 g/mol. The Hall–Kier alpha value is -0.870. The van der Waals surface area contributed by atoms with E-state index in [-0.39, 0.29) is 0 Å². The second-order valence-corrected chi connectivity index (χ2v) is 4.49. The first-order valence-corrected chi connectivity index (χ1v) is 5.60. The third-order valence-corrected chi connectivity index (χ3v) is 3.22. The van der Waals surface area contributed by atoms with E-state index in [9.17, 15) is 0 Å². The third-order valence-electron chi connectivity index (χ3n) is 3.22. The van der Waals surface area contributed by atoms with Crippen molar-refractivity contribution < 1.29 is 4.52 Å². The molecule has 2 rings (SSSR count). The van der Waals surface area contributed by atoms with Crippen LogP contribution >= 0.6 is 0 Å². The highest BCUT2D eigenvalue weighted by molar-refractivity contribution is 5.19. The van der Waals surface area contributed by atoms with E-state index in [1.54, 1.807) is 6.20 Å². The normalized spacial score (nSPS) is 22.8. The molecule has 1 atom stereocenters. The van der Waals surface area contributed by atoms with E-state index >= 15 is 0 Å². The smallest absolute Gasteiger partial charge is 0.145 e. The zero-order valence-corrected chi connectivity index (χ0v) is 9.44. The van der Waals surface area contributed by atoms with Crippen LogP contribution in [0, 0.1) is 0 Å². The zero-order valence-electron chi connectivity index (χ0n) is 9.44. The molecule has 2 N–H and O–H groups in total. The molecule has 0 radical (unpaired) electrons. The van der Waals surface area contributed by atoms with Crippen molar-refractivity contribution in [3.63, 3.8) is 0 Å². The molecule has 4 nitrogen and oxygen atoms in total. The Balaban J connectivity index is 2.07. The highest BCUT2D eigenvalue weighted by Gasteiger charge is 2.29. The summed E-state index contributed by atoms with van der Waals surface area (Å²) in [6.45, 7) is 7.20. The summed E-state index contributed by atoms with van der Waals surface area (Å²) in [5, 5.41) is 3.83. The maximum absolute atomic E-state index is 5.64. The number of hydrogen-bond donors (Lipinski definition) is 1. The first kappa shape index (κ1) is 10.6. The van der Waals surface area contributed by atoms with Crippen LogP contribution in [0.25, 0.3) is 0 Å². The molecule has 0 aliphatic carbocycles. The Labute approximate surface area is 90.4 Å². The van der Waals surface area contributed by atoms with Crippen molar-refractivity contribution in [2.24, 2.45) is 5.73 Å². The Morgan fingerprint density at radius 2 is 2.47 bits per heavy atom. The lowest BCUT2D eigenvalue weighted by molar-refractivity contribution is 0.266. The molecule has 0 spiro atoms. The summed E-state index contributed by atoms with van der Waals surface area (Å²) in [5.74, 6) is 1.48. The molecule has 1 aromatic heterocycles. The fourth-order valence-electron chi connectivity index (χ4n) is 2.23. The molecule has 1 unspecified atom stereocenters. The van der Waals surface area contributed by atoms with Gasteiger partial charge in [0, 0.05) is 30.6 Å². The van der Waals surface area contributed by atoms with Crippen molar-refractivity contribution in [1.29, 1.82) is 0 Å². The topological polar surface area (TPSA) is 55.3 Å². The fraction of sp³-hybridized carbons (Fsp3) is 0.727. The van der Waals surface area contributed by atoms with Crippen LogP contribution in [0.1, 0.15) is 37.5 Å². The molecule has 0 bridgehead atoms. The summed E-state index contributed by atoms with van der Waals surface area (Å²) in [7, 11) is 0. The van der Waals surface area contributed by atoms with Crippen molar-refractivity contribution in [1.82, 2.24) is 10.1 Å². The first-order valence-electron chi connectivity index (χ1n) is 5.60. The summed E-state index contributed by atoms with van der Waals surface area (Å²) in [5.41, 5.74) is 6.70. The average molecular weight is 209 g/mol. The summed E-state index contributed by atoms with van der Waals surface area (Å²) in [6.07, 6.45) is 2.90. The first-order chi connectivity index (χ1) is 7.22. The minimum atomic E-state index is 0.480. The van der Waals surface area contributed by atoms with Crippen molar-refractivity contribution in [2.75, 3.05) is 13.1 Å². The number of aromatic nitrogens is 1. The lowest BCUT2D eigenvalue weighted by Crippen LogP contribution is -2.27. The van der Waals surface area contributed by atoms with Gasteiger partial charge in [-0.25, -0.2) is 0 Å². The molecule has 1 aromatic rings. The van der Waals surface area contributed by atoms with Gasteiger partial charge in [-0.2, -0.15) is 0 Å². The summed E-state index contributed by atoms with van der Waals surface area (Å²) in [6, 6.07) is 0.610. The van der Waals surface area contributed by atoms with Gasteiger partial charge in [-0.15, -0.1) is 0 Å². The quantitative estimate of drug-likeness (QED) is 0.816. The van der Waals surface area contributed by atoms with Crippen LogP contribution in [0.15, 0.2) is 10.7 Å². The van der Waals surface area contributed by atoms with Crippen LogP contribution in [0.3, 0.4) is 0 Å². The molecule has 2 heterocycles. The van der Waals surface area contributed by atoms with Crippen molar-refractivity contribution >= 4 is 0 Å². The van der Waals surface area contributed by atoms with Crippen LogP contribution in [-0.4, -0.2) is 29.2 Å². The van der Waals surface area contributed by atoms with Gasteiger partial charge < -0.3 is 15.2 Å². The van der Waals surface area contributed by atoms with Gasteiger partial charge in [-0.3, -0.25) is 0 Å². The molecule has 1 fully saturated rings. The van der Waals surface area contributed by atoms with Crippen molar-refractivity contribution in [2.45, 2.75) is 38.8 Å². The van der Waals surface area contributed by atoms with E-state index in [1.165, 1.54) is 0 Å². The van der Waals surface area contributed by atoms with Gasteiger partial charge >= 0.3 is 0 Å². The molecule has 4 heteroatoms. The van der Waals surface area contributed by atoms with Gasteiger partial charge in [0.25, 0.3) is 0 Å². The Kier molecular flexibility index (Phi) is 3.07. The molecule has 15 heavy (non-hydrogen) atoms. The predicted molar refractivity (Wildman–Crippen MR) is 58.5 cm³/mol. The number of likely N-dealkylation sites (tertiary alicyclic amines) is 1. The van der Waals surface area contributed by atoms with Crippen LogP contribution in [0.5, 0.6) is 0 Å². The summed E-state index contributed by atoms with van der Waals surface area (Å²) >= 11 is 0. The molecule has 1 aliphatic heterocycles. The third kappa shape index (κ3) is 2.06. The lowest BCUT2D eigenvalue weighted by Gasteiger charge is -2.19. The average Bonchev–Trinajstić information content (AvgIpc) is 2.85. The fourth-order valence-corrected chi connectivity index (χ4v) is 2.23. The number of hydrogen-bond acceptors (Lipinski definition) is 4. The maximum Gasteiger partial charge on any atom is 0.145 e. The summed E-state index contributed by atoms with van der Waals surface area (Å²) < 4.78 is 5.31. The van der Waals surface area contributed by atoms with Gasteiger partial charge in [0.1, 0.15) is 5.76 Å². The second-order valence-electron chi connectivity index (χ2n) is 4.49. The van der Waals surface area contributed by atoms with E-state index in [0.29, 0.717) is 18.5 Å². The Morgan fingerprint density at radius 3 is 3.07 bits per heavy atom. The molecular formula is C11H19N3O. The largest absolute Gasteiger partial charge is 0.361 e. The standard InChI is InChI=1S/C11H19N3O/c1-8(2)14-4-3-9(7-14)11-10(5-12)6-13-15-11/h6,8-9H,3-5,7,12H2,1-2H3. The van der Waals surface area contributed by atoms with Gasteiger partial charge in [0.15, 0.2) is 0 Å². The van der Waals surface area contributed by atoms with Gasteiger partial charge in [-0.05, 0) is 26.8 Å². The van der Waals surface area contributed by atoms with E-state index in [1.807, 2.05) is 0 Å². The predicted octanol–water partition coefficient (Wildman–Crippen LogP) is 1.33. The lowest BCUT2D eigenvalue weighted by atomic mass is 10.0. The molecule has 0 saturated carbocycles. The zero-order chi connectivity index (χ0) is 10.8. The van der Waals surface area contributed by atoms with E-state index in [2.05, 4.69) is 23.9 Å². The van der Waals surface area contributed by atoms with E-state index in [0.717, 1.165) is 30.8 Å². The van der Waals surface area contributed by atoms with Gasteiger partial charge in [-0.1, -0.05) is 5.16 Å². The van der Waals surface area contributed by atoms with Crippen LogP contribution < -0.4 is 5.73 Å². The second kappa shape index (κ2) is 4.33. The number of nitrogens with zero attached hydrogens (tertiary/aromatic N) is 2. The Bertz CT molecular complexity index is 321. The molecule has 1 aliphatic rings. The van der Waals surface area contributed by atoms with E-state index in [4.69, 9.17) is 10.3 Å². The van der Waals surface area contributed by atoms with Gasteiger partial charge in [0.2, 0.25) is 0 Å². The van der Waals surface area contributed by atoms with Crippen LogP contribution in [-0.2, 0) is 6.54 Å². The Morgan fingerprint density at radius 1 is 1.67 bits per heavy atom. The number of rotatable bonds is 3. The molecule has 1 saturated heterocycles. The minimum Gasteiger partial charge on any atom is -0.361 e. The SMILES string of the molecule is CC(C)N1CCC(c2oncc2CN)C1. The molecule has 0 amide bonds. The number of nitrogens with two attached hydrogens (primary N) is 1. The van der Waals surface area contributed by atoms with Crippen molar-refractivity contribution in [3.05, 3.63) is 17.5 Å². The van der Waals surface area contributed by atoms with Crippen LogP contribution in [0.4, 0.5) is 0 Å². The molecule has 84 valence electrons.